The van der Waals surface area contributed by atoms with Crippen molar-refractivity contribution in [3.05, 3.63) is 24.3 Å². The molecule has 1 aromatic heterocycles. The average Bonchev–Trinajstić information content (AvgIpc) is 2.94. The van der Waals surface area contributed by atoms with Gasteiger partial charge in [0.15, 0.2) is 0 Å². The molecule has 0 aliphatic carbocycles. The zero-order valence-electron chi connectivity index (χ0n) is 12.4. The molecular weight excluding hydrogens is 290 g/mol. The summed E-state index contributed by atoms with van der Waals surface area (Å²) in [5, 5.41) is 8.05. The quantitative estimate of drug-likeness (QED) is 0.790. The molecule has 2 aromatic rings. The average molecular weight is 307 g/mol. The largest absolute Gasteiger partial charge is 0.496 e. The van der Waals surface area contributed by atoms with Crippen molar-refractivity contribution in [3.63, 3.8) is 0 Å². The van der Waals surface area contributed by atoms with E-state index in [9.17, 15) is 4.79 Å². The maximum absolute atomic E-state index is 11.8. The number of rotatable bonds is 5. The van der Waals surface area contributed by atoms with Crippen LogP contribution >= 0.6 is 11.8 Å². The lowest BCUT2D eigenvalue weighted by Gasteiger charge is -2.14. The van der Waals surface area contributed by atoms with Crippen molar-refractivity contribution in [2.75, 3.05) is 21.2 Å². The Morgan fingerprint density at radius 1 is 1.33 bits per heavy atom. The van der Waals surface area contributed by atoms with Gasteiger partial charge in [0.1, 0.15) is 5.75 Å². The summed E-state index contributed by atoms with van der Waals surface area (Å²) in [7, 11) is 5.02. The van der Waals surface area contributed by atoms with E-state index in [4.69, 9.17) is 9.15 Å². The summed E-state index contributed by atoms with van der Waals surface area (Å²) >= 11 is 1.24. The number of aromatic nitrogens is 2. The molecule has 0 spiro atoms. The lowest BCUT2D eigenvalue weighted by Crippen LogP contribution is -2.29. The van der Waals surface area contributed by atoms with Gasteiger partial charge < -0.3 is 14.1 Å². The molecule has 0 aliphatic rings. The number of carbonyl (C=O) groups is 1. The van der Waals surface area contributed by atoms with Crippen LogP contribution in [0, 0.1) is 0 Å². The number of amides is 1. The van der Waals surface area contributed by atoms with Gasteiger partial charge in [0.25, 0.3) is 11.1 Å². The van der Waals surface area contributed by atoms with E-state index < -0.39 is 0 Å². The number of benzene rings is 1. The molecule has 0 fully saturated rings. The van der Waals surface area contributed by atoms with Crippen molar-refractivity contribution >= 4 is 17.7 Å². The van der Waals surface area contributed by atoms with E-state index in [0.717, 1.165) is 5.56 Å². The highest BCUT2D eigenvalue weighted by Gasteiger charge is 2.20. The Morgan fingerprint density at radius 2 is 2.05 bits per heavy atom. The molecule has 1 amide bonds. The summed E-state index contributed by atoms with van der Waals surface area (Å²) in [6.07, 6.45) is 0. The molecule has 0 unspecified atom stereocenters. The van der Waals surface area contributed by atoms with Gasteiger partial charge in [-0.2, -0.15) is 0 Å². The van der Waals surface area contributed by atoms with E-state index in [2.05, 4.69) is 10.2 Å². The van der Waals surface area contributed by atoms with Gasteiger partial charge in [-0.05, 0) is 19.1 Å². The molecule has 0 aliphatic heterocycles. The van der Waals surface area contributed by atoms with Crippen molar-refractivity contribution in [2.45, 2.75) is 17.4 Å². The van der Waals surface area contributed by atoms with E-state index in [1.165, 1.54) is 16.7 Å². The number of nitrogens with zero attached hydrogens (tertiary/aromatic N) is 3. The highest BCUT2D eigenvalue weighted by molar-refractivity contribution is 8.00. The molecule has 1 heterocycles. The number of thioether (sulfide) groups is 1. The van der Waals surface area contributed by atoms with Gasteiger partial charge in [-0.15, -0.1) is 10.2 Å². The molecule has 112 valence electrons. The first-order valence-corrected chi connectivity index (χ1v) is 7.25. The maximum atomic E-state index is 11.8. The van der Waals surface area contributed by atoms with Crippen LogP contribution in [0.3, 0.4) is 0 Å². The van der Waals surface area contributed by atoms with Gasteiger partial charge in [0.05, 0.1) is 17.9 Å². The fraction of sp³-hybridized carbons (Fsp3) is 0.357. The summed E-state index contributed by atoms with van der Waals surface area (Å²) < 4.78 is 10.9. The smallest absolute Gasteiger partial charge is 0.277 e. The second-order valence-corrected chi connectivity index (χ2v) is 5.86. The van der Waals surface area contributed by atoms with Crippen LogP contribution in [0.15, 0.2) is 33.9 Å². The van der Waals surface area contributed by atoms with Crippen molar-refractivity contribution in [1.82, 2.24) is 15.1 Å². The van der Waals surface area contributed by atoms with Gasteiger partial charge >= 0.3 is 0 Å². The Kier molecular flexibility index (Phi) is 4.85. The first kappa shape index (κ1) is 15.4. The van der Waals surface area contributed by atoms with Crippen LogP contribution in [0.25, 0.3) is 11.5 Å². The summed E-state index contributed by atoms with van der Waals surface area (Å²) in [5.74, 6) is 1.03. The Bertz CT molecular complexity index is 627. The molecule has 1 aromatic carbocycles. The van der Waals surface area contributed by atoms with Crippen molar-refractivity contribution in [3.8, 4) is 17.2 Å². The second-order valence-electron chi connectivity index (χ2n) is 4.57. The van der Waals surface area contributed by atoms with Gasteiger partial charge in [0.2, 0.25) is 5.91 Å². The predicted octanol–water partition coefficient (Wildman–Crippen LogP) is 2.31. The molecule has 1 atom stereocenters. The Morgan fingerprint density at radius 3 is 2.71 bits per heavy atom. The Labute approximate surface area is 127 Å². The van der Waals surface area contributed by atoms with Crippen LogP contribution in [0.1, 0.15) is 6.92 Å². The number of hydrogen-bond donors (Lipinski definition) is 0. The van der Waals surface area contributed by atoms with Crippen molar-refractivity contribution < 1.29 is 13.9 Å². The number of carbonyl (C=O) groups excluding carboxylic acids is 1. The third-order valence-electron chi connectivity index (χ3n) is 2.81. The van der Waals surface area contributed by atoms with Crippen LogP contribution in [-0.2, 0) is 4.79 Å². The number of para-hydroxylation sites is 1. The van der Waals surface area contributed by atoms with E-state index in [0.29, 0.717) is 16.9 Å². The van der Waals surface area contributed by atoms with Gasteiger partial charge in [-0.1, -0.05) is 23.9 Å². The molecule has 0 bridgehead atoms. The summed E-state index contributed by atoms with van der Waals surface area (Å²) in [6, 6.07) is 7.40. The lowest BCUT2D eigenvalue weighted by atomic mass is 10.2. The third-order valence-corrected chi connectivity index (χ3v) is 3.73. The second kappa shape index (κ2) is 6.62. The van der Waals surface area contributed by atoms with E-state index in [1.54, 1.807) is 28.1 Å². The third kappa shape index (κ3) is 3.55. The molecule has 2 rings (SSSR count). The summed E-state index contributed by atoms with van der Waals surface area (Å²) in [5.41, 5.74) is 0.728. The molecule has 0 saturated heterocycles. The van der Waals surface area contributed by atoms with E-state index in [1.807, 2.05) is 24.3 Å². The normalized spacial score (nSPS) is 12.0. The molecule has 7 heteroatoms. The van der Waals surface area contributed by atoms with Gasteiger partial charge in [-0.3, -0.25) is 4.79 Å². The molecule has 0 radical (unpaired) electrons. The highest BCUT2D eigenvalue weighted by atomic mass is 32.2. The van der Waals surface area contributed by atoms with Crippen LogP contribution in [-0.4, -0.2) is 47.5 Å². The predicted molar refractivity (Wildman–Crippen MR) is 80.3 cm³/mol. The number of hydrogen-bond acceptors (Lipinski definition) is 6. The topological polar surface area (TPSA) is 68.5 Å². The highest BCUT2D eigenvalue weighted by Crippen LogP contribution is 2.31. The minimum Gasteiger partial charge on any atom is -0.496 e. The molecular formula is C14H17N3O3S. The minimum absolute atomic E-state index is 0.00274. The van der Waals surface area contributed by atoms with E-state index >= 15 is 0 Å². The Balaban J connectivity index is 2.17. The van der Waals surface area contributed by atoms with Gasteiger partial charge in [-0.25, -0.2) is 0 Å². The molecule has 0 saturated carbocycles. The number of ether oxygens (including phenoxy) is 1. The van der Waals surface area contributed by atoms with Crippen LogP contribution < -0.4 is 4.74 Å². The standard InChI is InChI=1S/C14H17N3O3S/c1-9(13(18)17(2)3)21-14-16-15-12(20-14)10-7-5-6-8-11(10)19-4/h5-9H,1-4H3/t9-/m0/s1. The fourth-order valence-corrected chi connectivity index (χ4v) is 2.58. The zero-order valence-corrected chi connectivity index (χ0v) is 13.2. The summed E-state index contributed by atoms with van der Waals surface area (Å²) in [6.45, 7) is 1.81. The first-order chi connectivity index (χ1) is 10.0. The SMILES string of the molecule is COc1ccccc1-c1nnc(S[C@@H](C)C(=O)N(C)C)o1. The van der Waals surface area contributed by atoms with Crippen molar-refractivity contribution in [2.24, 2.45) is 0 Å². The monoisotopic (exact) mass is 307 g/mol. The molecule has 21 heavy (non-hydrogen) atoms. The first-order valence-electron chi connectivity index (χ1n) is 6.37. The van der Waals surface area contributed by atoms with Gasteiger partial charge in [0, 0.05) is 14.1 Å². The molecule has 0 N–H and O–H groups in total. The maximum Gasteiger partial charge on any atom is 0.277 e. The van der Waals surface area contributed by atoms with Crippen LogP contribution in [0.5, 0.6) is 5.75 Å². The van der Waals surface area contributed by atoms with Crippen LogP contribution in [0.4, 0.5) is 0 Å². The number of methoxy groups -OCH3 is 1. The minimum atomic E-state index is -0.286. The van der Waals surface area contributed by atoms with E-state index in [-0.39, 0.29) is 11.2 Å². The Hall–Kier alpha value is -2.02. The van der Waals surface area contributed by atoms with Crippen molar-refractivity contribution in [1.29, 1.82) is 0 Å². The lowest BCUT2D eigenvalue weighted by molar-refractivity contribution is -0.127. The summed E-state index contributed by atoms with van der Waals surface area (Å²) in [4.78, 5) is 13.4. The van der Waals surface area contributed by atoms with Crippen LogP contribution in [0.2, 0.25) is 0 Å². The zero-order chi connectivity index (χ0) is 15.4. The molecule has 6 nitrogen and oxygen atoms in total. The fourth-order valence-electron chi connectivity index (χ4n) is 1.75.